The number of hydrogen-bond donors (Lipinski definition) is 1. The molecule has 1 aromatic carbocycles. The number of imidazole rings is 1. The van der Waals surface area contributed by atoms with Gasteiger partial charge in [-0.2, -0.15) is 13.2 Å². The van der Waals surface area contributed by atoms with E-state index in [0.29, 0.717) is 16.5 Å². The average Bonchev–Trinajstić information content (AvgIpc) is 2.82. The molecule has 3 aromatic rings. The lowest BCUT2D eigenvalue weighted by atomic mass is 10.1. The molecule has 7 heteroatoms. The van der Waals surface area contributed by atoms with Crippen LogP contribution in [0.15, 0.2) is 42.6 Å². The second kappa shape index (κ2) is 5.95. The van der Waals surface area contributed by atoms with Gasteiger partial charge in [0.05, 0.1) is 5.56 Å². The molecule has 0 aliphatic carbocycles. The molecular weight excluding hydrogens is 351 g/mol. The van der Waals surface area contributed by atoms with Crippen LogP contribution in [0.1, 0.15) is 26.3 Å². The van der Waals surface area contributed by atoms with Crippen molar-refractivity contribution in [2.45, 2.75) is 32.5 Å². The standard InChI is InChI=1S/C18H17ClF3N3/c1-17(2,3)24-16-15(11-5-4-6-13(19)9-11)23-14-10-12(18(20,21)22)7-8-25(14)16/h4-10,24H,1-3H3. The third-order valence-corrected chi connectivity index (χ3v) is 3.78. The summed E-state index contributed by atoms with van der Waals surface area (Å²) in [5, 5.41) is 3.86. The first kappa shape index (κ1) is 17.6. The Balaban J connectivity index is 2.25. The zero-order chi connectivity index (χ0) is 18.4. The van der Waals surface area contributed by atoms with Crippen molar-refractivity contribution >= 4 is 23.1 Å². The smallest absolute Gasteiger partial charge is 0.365 e. The fraction of sp³-hybridized carbons (Fsp3) is 0.278. The van der Waals surface area contributed by atoms with Gasteiger partial charge in [-0.05, 0) is 45.0 Å². The molecule has 0 saturated heterocycles. The summed E-state index contributed by atoms with van der Waals surface area (Å²) in [5.74, 6) is 0.624. The molecule has 0 atom stereocenters. The number of fused-ring (bicyclic) bond motifs is 1. The van der Waals surface area contributed by atoms with Gasteiger partial charge in [0, 0.05) is 22.3 Å². The maximum absolute atomic E-state index is 13.0. The number of hydrogen-bond acceptors (Lipinski definition) is 2. The third kappa shape index (κ3) is 3.74. The predicted octanol–water partition coefficient (Wildman–Crippen LogP) is 5.88. The number of rotatable bonds is 2. The molecule has 3 rings (SSSR count). The zero-order valence-electron chi connectivity index (χ0n) is 13.9. The van der Waals surface area contributed by atoms with Crippen molar-refractivity contribution in [3.05, 3.63) is 53.2 Å². The van der Waals surface area contributed by atoms with Gasteiger partial charge in [0.1, 0.15) is 17.2 Å². The van der Waals surface area contributed by atoms with Gasteiger partial charge in [-0.1, -0.05) is 23.7 Å². The molecule has 0 amide bonds. The number of halogens is 4. The Morgan fingerprint density at radius 2 is 1.80 bits per heavy atom. The lowest BCUT2D eigenvalue weighted by Gasteiger charge is -2.22. The molecule has 0 spiro atoms. The molecule has 0 fully saturated rings. The number of nitrogens with zero attached hydrogens (tertiary/aromatic N) is 2. The van der Waals surface area contributed by atoms with E-state index in [0.717, 1.165) is 17.7 Å². The highest BCUT2D eigenvalue weighted by Gasteiger charge is 2.31. The molecule has 0 radical (unpaired) electrons. The summed E-state index contributed by atoms with van der Waals surface area (Å²) >= 11 is 6.06. The fourth-order valence-electron chi connectivity index (χ4n) is 2.53. The largest absolute Gasteiger partial charge is 0.416 e. The van der Waals surface area contributed by atoms with Crippen LogP contribution in [-0.4, -0.2) is 14.9 Å². The van der Waals surface area contributed by atoms with Gasteiger partial charge in [-0.15, -0.1) is 0 Å². The molecule has 0 saturated carbocycles. The fourth-order valence-corrected chi connectivity index (χ4v) is 2.72. The lowest BCUT2D eigenvalue weighted by molar-refractivity contribution is -0.137. The predicted molar refractivity (Wildman–Crippen MR) is 94.0 cm³/mol. The number of benzene rings is 1. The van der Waals surface area contributed by atoms with E-state index in [1.54, 1.807) is 22.6 Å². The quantitative estimate of drug-likeness (QED) is 0.612. The van der Waals surface area contributed by atoms with Gasteiger partial charge in [-0.3, -0.25) is 4.40 Å². The average molecular weight is 368 g/mol. The number of anilines is 1. The zero-order valence-corrected chi connectivity index (χ0v) is 14.7. The highest BCUT2D eigenvalue weighted by molar-refractivity contribution is 6.30. The van der Waals surface area contributed by atoms with Crippen molar-refractivity contribution < 1.29 is 13.2 Å². The normalized spacial score (nSPS) is 12.6. The molecule has 2 aromatic heterocycles. The molecule has 0 aliphatic heterocycles. The Kier molecular flexibility index (Phi) is 4.19. The SMILES string of the molecule is CC(C)(C)Nc1c(-c2cccc(Cl)c2)nc2cc(C(F)(F)F)ccn12. The first-order valence-corrected chi connectivity index (χ1v) is 8.06. The van der Waals surface area contributed by atoms with E-state index in [2.05, 4.69) is 10.3 Å². The number of pyridine rings is 1. The topological polar surface area (TPSA) is 29.3 Å². The van der Waals surface area contributed by atoms with Gasteiger partial charge in [0.2, 0.25) is 0 Å². The Morgan fingerprint density at radius 3 is 2.40 bits per heavy atom. The number of nitrogens with one attached hydrogen (secondary N) is 1. The van der Waals surface area contributed by atoms with Gasteiger partial charge in [0.15, 0.2) is 0 Å². The van der Waals surface area contributed by atoms with Crippen LogP contribution in [0, 0.1) is 0 Å². The monoisotopic (exact) mass is 367 g/mol. The van der Waals surface area contributed by atoms with E-state index in [1.807, 2.05) is 26.8 Å². The Hall–Kier alpha value is -2.21. The van der Waals surface area contributed by atoms with Crippen molar-refractivity contribution in [1.82, 2.24) is 9.38 Å². The second-order valence-corrected chi connectivity index (χ2v) is 7.27. The Morgan fingerprint density at radius 1 is 1.08 bits per heavy atom. The first-order chi connectivity index (χ1) is 11.5. The summed E-state index contributed by atoms with van der Waals surface area (Å²) in [4.78, 5) is 4.42. The van der Waals surface area contributed by atoms with Crippen LogP contribution in [0.5, 0.6) is 0 Å². The third-order valence-electron chi connectivity index (χ3n) is 3.54. The van der Waals surface area contributed by atoms with E-state index in [4.69, 9.17) is 11.6 Å². The van der Waals surface area contributed by atoms with Crippen LogP contribution in [0.25, 0.3) is 16.9 Å². The number of alkyl halides is 3. The molecule has 0 unspecified atom stereocenters. The maximum atomic E-state index is 13.0. The summed E-state index contributed by atoms with van der Waals surface area (Å²) in [6, 6.07) is 9.17. The van der Waals surface area contributed by atoms with Crippen molar-refractivity contribution in [1.29, 1.82) is 0 Å². The van der Waals surface area contributed by atoms with Gasteiger partial charge < -0.3 is 5.32 Å². The highest BCUT2D eigenvalue weighted by Crippen LogP contribution is 2.35. The van der Waals surface area contributed by atoms with Crippen molar-refractivity contribution in [2.75, 3.05) is 5.32 Å². The highest BCUT2D eigenvalue weighted by atomic mass is 35.5. The first-order valence-electron chi connectivity index (χ1n) is 7.68. The van der Waals surface area contributed by atoms with Crippen LogP contribution >= 0.6 is 11.6 Å². The van der Waals surface area contributed by atoms with Gasteiger partial charge in [0.25, 0.3) is 0 Å². The molecule has 0 bridgehead atoms. The Labute approximate surface area is 148 Å². The summed E-state index contributed by atoms with van der Waals surface area (Å²) in [7, 11) is 0. The maximum Gasteiger partial charge on any atom is 0.416 e. The van der Waals surface area contributed by atoms with E-state index < -0.39 is 11.7 Å². The van der Waals surface area contributed by atoms with Crippen molar-refractivity contribution in [3.8, 4) is 11.3 Å². The van der Waals surface area contributed by atoms with Crippen molar-refractivity contribution in [3.63, 3.8) is 0 Å². The van der Waals surface area contributed by atoms with E-state index in [1.165, 1.54) is 6.20 Å². The minimum absolute atomic E-state index is 0.219. The number of aromatic nitrogens is 2. The molecule has 132 valence electrons. The minimum Gasteiger partial charge on any atom is -0.365 e. The van der Waals surface area contributed by atoms with E-state index in [-0.39, 0.29) is 11.2 Å². The van der Waals surface area contributed by atoms with Crippen LogP contribution in [0.4, 0.5) is 19.0 Å². The molecule has 3 nitrogen and oxygen atoms in total. The van der Waals surface area contributed by atoms with Crippen LogP contribution in [-0.2, 0) is 6.18 Å². The van der Waals surface area contributed by atoms with Crippen LogP contribution < -0.4 is 5.32 Å². The summed E-state index contributed by atoms with van der Waals surface area (Å²) < 4.78 is 40.6. The van der Waals surface area contributed by atoms with Gasteiger partial charge >= 0.3 is 6.18 Å². The molecule has 2 heterocycles. The molecule has 0 aliphatic rings. The van der Waals surface area contributed by atoms with Gasteiger partial charge in [-0.25, -0.2) is 4.98 Å². The molecule has 1 N–H and O–H groups in total. The van der Waals surface area contributed by atoms with Crippen LogP contribution in [0.3, 0.4) is 0 Å². The second-order valence-electron chi connectivity index (χ2n) is 6.84. The lowest BCUT2D eigenvalue weighted by Crippen LogP contribution is -2.27. The van der Waals surface area contributed by atoms with Crippen LogP contribution in [0.2, 0.25) is 5.02 Å². The minimum atomic E-state index is -4.42. The Bertz CT molecular complexity index is 923. The summed E-state index contributed by atoms with van der Waals surface area (Å²) in [6.07, 6.45) is -3.03. The summed E-state index contributed by atoms with van der Waals surface area (Å²) in [5.41, 5.74) is 0.473. The molecule has 25 heavy (non-hydrogen) atoms. The van der Waals surface area contributed by atoms with E-state index >= 15 is 0 Å². The van der Waals surface area contributed by atoms with Crippen molar-refractivity contribution in [2.24, 2.45) is 0 Å². The molecular formula is C18H17ClF3N3. The van der Waals surface area contributed by atoms with E-state index in [9.17, 15) is 13.2 Å². The summed E-state index contributed by atoms with van der Waals surface area (Å²) in [6.45, 7) is 5.91.